The molecule has 33 heavy (non-hydrogen) atoms. The summed E-state index contributed by atoms with van der Waals surface area (Å²) < 4.78 is 7.46. The molecule has 0 bridgehead atoms. The van der Waals surface area contributed by atoms with Crippen molar-refractivity contribution in [2.24, 2.45) is 5.92 Å². The average molecular weight is 474 g/mol. The Kier molecular flexibility index (Phi) is 7.02. The van der Waals surface area contributed by atoms with Crippen LogP contribution in [0.3, 0.4) is 0 Å². The van der Waals surface area contributed by atoms with Crippen LogP contribution in [0.15, 0.2) is 30.7 Å². The number of nitrogens with zero attached hydrogens (tertiary/aromatic N) is 4. The van der Waals surface area contributed by atoms with Crippen LogP contribution < -0.4 is 15.0 Å². The van der Waals surface area contributed by atoms with Crippen molar-refractivity contribution in [2.45, 2.75) is 32.3 Å². The molecule has 10 heteroatoms. The van der Waals surface area contributed by atoms with Gasteiger partial charge in [-0.3, -0.25) is 4.79 Å². The fourth-order valence-corrected chi connectivity index (χ4v) is 4.51. The van der Waals surface area contributed by atoms with Crippen LogP contribution in [0.2, 0.25) is 5.02 Å². The van der Waals surface area contributed by atoms with E-state index in [1.165, 1.54) is 16.9 Å². The highest BCUT2D eigenvalue weighted by Crippen LogP contribution is 2.40. The second kappa shape index (κ2) is 9.94. The number of ether oxygens (including phenoxy) is 1. The number of hydrogen-bond donors (Lipinski definition) is 3. The predicted molar refractivity (Wildman–Crippen MR) is 126 cm³/mol. The molecule has 2 aliphatic rings. The maximum atomic E-state index is 13.2. The van der Waals surface area contributed by atoms with Crippen LogP contribution in [0, 0.1) is 5.92 Å². The van der Waals surface area contributed by atoms with Gasteiger partial charge in [-0.15, -0.1) is 0 Å². The van der Waals surface area contributed by atoms with E-state index in [9.17, 15) is 9.90 Å². The molecule has 2 aromatic heterocycles. The Morgan fingerprint density at radius 3 is 2.76 bits per heavy atom. The maximum Gasteiger partial charge on any atom is 0.261 e. The first-order valence-electron chi connectivity index (χ1n) is 11.0. The van der Waals surface area contributed by atoms with E-state index in [1.54, 1.807) is 6.20 Å². The summed E-state index contributed by atoms with van der Waals surface area (Å²) in [6.45, 7) is 3.90. The van der Waals surface area contributed by atoms with Gasteiger partial charge in [-0.25, -0.2) is 9.50 Å². The lowest BCUT2D eigenvalue weighted by atomic mass is 9.97. The average Bonchev–Trinajstić information content (AvgIpc) is 3.41. The van der Waals surface area contributed by atoms with Crippen LogP contribution >= 0.6 is 11.6 Å². The molecular weight excluding hydrogens is 446 g/mol. The molecule has 176 valence electrons. The van der Waals surface area contributed by atoms with Crippen molar-refractivity contribution in [1.82, 2.24) is 14.6 Å². The number of anilines is 2. The van der Waals surface area contributed by atoms with E-state index in [-0.39, 0.29) is 18.6 Å². The third kappa shape index (κ3) is 4.75. The number of hydrogen-bond acceptors (Lipinski definition) is 7. The Labute approximate surface area is 196 Å². The number of benzene rings is 1. The van der Waals surface area contributed by atoms with Gasteiger partial charge in [-0.2, -0.15) is 5.10 Å². The number of piperidine rings is 1. The van der Waals surface area contributed by atoms with E-state index >= 15 is 0 Å². The molecule has 1 fully saturated rings. The molecule has 1 unspecified atom stereocenters. The lowest BCUT2D eigenvalue weighted by Gasteiger charge is -2.34. The van der Waals surface area contributed by atoms with Crippen molar-refractivity contribution in [3.63, 3.8) is 0 Å². The van der Waals surface area contributed by atoms with Crippen molar-refractivity contribution in [3.05, 3.63) is 46.9 Å². The van der Waals surface area contributed by atoms with Gasteiger partial charge in [0.05, 0.1) is 28.8 Å². The minimum atomic E-state index is -0.275. The summed E-state index contributed by atoms with van der Waals surface area (Å²) in [5, 5.41) is 24.2. The fraction of sp³-hybridized carbons (Fsp3) is 0.435. The summed E-state index contributed by atoms with van der Waals surface area (Å²) in [5.74, 6) is 0.928. The fourth-order valence-electron chi connectivity index (χ4n) is 4.37. The van der Waals surface area contributed by atoms with Crippen LogP contribution in [0.25, 0.3) is 5.65 Å². The SMILES string of the molecule is CC1Cc2cc(NC(=O)c3cnn4cc(Cl)cnc34)c(N3CCC(CO)CC3)cc2O1.CO. The van der Waals surface area contributed by atoms with Gasteiger partial charge < -0.3 is 25.2 Å². The number of nitrogens with one attached hydrogen (secondary N) is 1. The molecule has 1 amide bonds. The third-order valence-electron chi connectivity index (χ3n) is 6.05. The van der Waals surface area contributed by atoms with E-state index in [1.807, 2.05) is 19.1 Å². The zero-order chi connectivity index (χ0) is 23.5. The summed E-state index contributed by atoms with van der Waals surface area (Å²) in [7, 11) is 1.00. The van der Waals surface area contributed by atoms with Gasteiger partial charge >= 0.3 is 0 Å². The van der Waals surface area contributed by atoms with Gasteiger partial charge in [0.25, 0.3) is 5.91 Å². The van der Waals surface area contributed by atoms with Crippen molar-refractivity contribution in [1.29, 1.82) is 0 Å². The smallest absolute Gasteiger partial charge is 0.261 e. The Bertz CT molecular complexity index is 1140. The first-order chi connectivity index (χ1) is 16.0. The third-order valence-corrected chi connectivity index (χ3v) is 6.24. The molecule has 0 saturated carbocycles. The maximum absolute atomic E-state index is 13.2. The molecule has 2 aliphatic heterocycles. The first-order valence-corrected chi connectivity index (χ1v) is 11.3. The standard InChI is InChI=1S/C22H24ClN5O3.CH4O/c1-13-6-15-7-18(19(8-20(15)31-13)27-4-2-14(12-29)3-5-27)26-22(30)17-10-25-28-11-16(23)9-24-21(17)28;1-2/h7-11,13-14,29H,2-6,12H2,1H3,(H,26,30);2H,1H3. The number of aliphatic hydroxyl groups excluding tert-OH is 2. The molecule has 0 radical (unpaired) electrons. The zero-order valence-electron chi connectivity index (χ0n) is 18.7. The van der Waals surface area contributed by atoms with Gasteiger partial charge in [0.2, 0.25) is 0 Å². The molecule has 9 nitrogen and oxygen atoms in total. The lowest BCUT2D eigenvalue weighted by Crippen LogP contribution is -2.35. The van der Waals surface area contributed by atoms with Crippen molar-refractivity contribution in [3.8, 4) is 5.75 Å². The van der Waals surface area contributed by atoms with E-state index in [0.717, 1.165) is 62.1 Å². The highest BCUT2D eigenvalue weighted by Gasteiger charge is 2.27. The van der Waals surface area contributed by atoms with Crippen LogP contribution in [0.5, 0.6) is 5.75 Å². The minimum absolute atomic E-state index is 0.113. The minimum Gasteiger partial charge on any atom is -0.490 e. The van der Waals surface area contributed by atoms with E-state index in [2.05, 4.69) is 20.3 Å². The number of carbonyl (C=O) groups is 1. The number of aliphatic hydroxyl groups is 2. The summed E-state index contributed by atoms with van der Waals surface area (Å²) in [6, 6.07) is 4.04. The van der Waals surface area contributed by atoms with Gasteiger partial charge in [-0.05, 0) is 31.7 Å². The first kappa shape index (κ1) is 23.3. The van der Waals surface area contributed by atoms with Crippen molar-refractivity contribution >= 4 is 34.5 Å². The Hall–Kier alpha value is -2.88. The van der Waals surface area contributed by atoms with Crippen LogP contribution in [-0.2, 0) is 6.42 Å². The molecule has 0 spiro atoms. The highest BCUT2D eigenvalue weighted by atomic mass is 35.5. The number of amides is 1. The Morgan fingerprint density at radius 1 is 1.27 bits per heavy atom. The van der Waals surface area contributed by atoms with Crippen molar-refractivity contribution < 1.29 is 19.7 Å². The number of fused-ring (bicyclic) bond motifs is 2. The normalized spacial score (nSPS) is 17.8. The van der Waals surface area contributed by atoms with E-state index < -0.39 is 0 Å². The molecule has 0 aliphatic carbocycles. The van der Waals surface area contributed by atoms with Crippen LogP contribution in [0.4, 0.5) is 11.4 Å². The summed E-state index contributed by atoms with van der Waals surface area (Å²) in [6.07, 6.45) is 7.36. The molecule has 3 aromatic rings. The molecule has 1 saturated heterocycles. The number of carbonyl (C=O) groups excluding carboxylic acids is 1. The van der Waals surface area contributed by atoms with Crippen LogP contribution in [-0.4, -0.2) is 63.6 Å². The highest BCUT2D eigenvalue weighted by molar-refractivity contribution is 6.30. The molecule has 3 N–H and O–H groups in total. The quantitative estimate of drug-likeness (QED) is 0.534. The lowest BCUT2D eigenvalue weighted by molar-refractivity contribution is 0.102. The van der Waals surface area contributed by atoms with Gasteiger partial charge in [0, 0.05) is 51.1 Å². The number of halogens is 1. The Morgan fingerprint density at radius 2 is 2.03 bits per heavy atom. The van der Waals surface area contributed by atoms with E-state index in [4.69, 9.17) is 21.4 Å². The van der Waals surface area contributed by atoms with Gasteiger partial charge in [0.1, 0.15) is 17.4 Å². The number of aromatic nitrogens is 3. The molecule has 1 atom stereocenters. The summed E-state index contributed by atoms with van der Waals surface area (Å²) >= 11 is 5.97. The molecule has 1 aromatic carbocycles. The monoisotopic (exact) mass is 473 g/mol. The van der Waals surface area contributed by atoms with Crippen molar-refractivity contribution in [2.75, 3.05) is 37.0 Å². The zero-order valence-corrected chi connectivity index (χ0v) is 19.4. The molecule has 5 rings (SSSR count). The number of rotatable bonds is 4. The van der Waals surface area contributed by atoms with E-state index in [0.29, 0.717) is 22.2 Å². The topological polar surface area (TPSA) is 112 Å². The van der Waals surface area contributed by atoms with Crippen LogP contribution in [0.1, 0.15) is 35.7 Å². The van der Waals surface area contributed by atoms with Gasteiger partial charge in [0.15, 0.2) is 5.65 Å². The summed E-state index contributed by atoms with van der Waals surface area (Å²) in [4.78, 5) is 19.7. The van der Waals surface area contributed by atoms with Gasteiger partial charge in [-0.1, -0.05) is 11.6 Å². The second-order valence-electron chi connectivity index (χ2n) is 8.28. The molecular formula is C23H28ClN5O4. The largest absolute Gasteiger partial charge is 0.490 e. The molecule has 4 heterocycles. The second-order valence-corrected chi connectivity index (χ2v) is 8.71. The Balaban J connectivity index is 0.00000126. The summed E-state index contributed by atoms with van der Waals surface area (Å²) in [5.41, 5.74) is 3.60. The predicted octanol–water partition coefficient (Wildman–Crippen LogP) is 2.78.